The average Bonchev–Trinajstić information content (AvgIpc) is 3.40. The largest absolute Gasteiger partial charge is 0.484 e. The van der Waals surface area contributed by atoms with Gasteiger partial charge in [0.2, 0.25) is 10.0 Å². The molecule has 0 aromatic heterocycles. The zero-order valence-corrected chi connectivity index (χ0v) is 19.0. The first-order valence-corrected chi connectivity index (χ1v) is 12.6. The summed E-state index contributed by atoms with van der Waals surface area (Å²) in [7, 11) is -3.69. The fourth-order valence-corrected chi connectivity index (χ4v) is 6.87. The maximum absolute atomic E-state index is 13.5. The van der Waals surface area contributed by atoms with Crippen molar-refractivity contribution in [2.24, 2.45) is 11.8 Å². The van der Waals surface area contributed by atoms with Gasteiger partial charge in [-0.15, -0.1) is 0 Å². The van der Waals surface area contributed by atoms with Crippen molar-refractivity contribution in [3.05, 3.63) is 107 Å². The van der Waals surface area contributed by atoms with Crippen LogP contribution in [0.2, 0.25) is 0 Å². The maximum atomic E-state index is 13.5. The molecule has 3 aromatic carbocycles. The van der Waals surface area contributed by atoms with Crippen molar-refractivity contribution in [3.63, 3.8) is 0 Å². The molecule has 6 heteroatoms. The van der Waals surface area contributed by atoms with Crippen molar-refractivity contribution in [2.75, 3.05) is 13.1 Å². The Labute approximate surface area is 193 Å². The molecule has 3 aromatic rings. The van der Waals surface area contributed by atoms with Crippen LogP contribution >= 0.6 is 0 Å². The number of fused-ring (bicyclic) bond motifs is 4. The molecule has 0 bridgehead atoms. The second kappa shape index (κ2) is 7.40. The summed E-state index contributed by atoms with van der Waals surface area (Å²) >= 11 is 0. The fourth-order valence-electron chi connectivity index (χ4n) is 5.37. The number of Topliss-reactive ketones (excluding diaryl/α,β-unsaturated/α-hetero) is 1. The van der Waals surface area contributed by atoms with Gasteiger partial charge in [-0.2, -0.15) is 4.31 Å². The maximum Gasteiger partial charge on any atom is 0.243 e. The summed E-state index contributed by atoms with van der Waals surface area (Å²) in [6.07, 6.45) is -0.327. The van der Waals surface area contributed by atoms with Gasteiger partial charge in [-0.25, -0.2) is 8.42 Å². The Morgan fingerprint density at radius 3 is 2.24 bits per heavy atom. The van der Waals surface area contributed by atoms with E-state index in [1.54, 1.807) is 12.1 Å². The lowest BCUT2D eigenvalue weighted by Gasteiger charge is -2.34. The molecule has 3 atom stereocenters. The molecule has 2 heterocycles. The van der Waals surface area contributed by atoms with Crippen LogP contribution in [-0.2, 0) is 14.8 Å². The number of carbonyl (C=O) groups is 1. The van der Waals surface area contributed by atoms with Crippen molar-refractivity contribution >= 4 is 21.6 Å². The molecule has 0 N–H and O–H groups in total. The molecule has 166 valence electrons. The van der Waals surface area contributed by atoms with Crippen LogP contribution in [-0.4, -0.2) is 31.6 Å². The molecule has 33 heavy (non-hydrogen) atoms. The number of aryl methyl sites for hydroxylation is 1. The van der Waals surface area contributed by atoms with Gasteiger partial charge in [-0.3, -0.25) is 4.79 Å². The van der Waals surface area contributed by atoms with Gasteiger partial charge in [0.05, 0.1) is 4.90 Å². The van der Waals surface area contributed by atoms with E-state index in [1.807, 2.05) is 73.7 Å². The minimum absolute atomic E-state index is 0.0447. The topological polar surface area (TPSA) is 63.7 Å². The van der Waals surface area contributed by atoms with Crippen molar-refractivity contribution in [1.82, 2.24) is 4.31 Å². The molecule has 6 rings (SSSR count). The summed E-state index contributed by atoms with van der Waals surface area (Å²) < 4.78 is 35.1. The Morgan fingerprint density at radius 2 is 1.52 bits per heavy atom. The van der Waals surface area contributed by atoms with Crippen LogP contribution in [0.25, 0.3) is 5.76 Å². The van der Waals surface area contributed by atoms with Crippen LogP contribution < -0.4 is 0 Å². The molecule has 1 unspecified atom stereocenters. The third kappa shape index (κ3) is 3.09. The van der Waals surface area contributed by atoms with E-state index in [1.165, 1.54) is 4.31 Å². The fraction of sp³-hybridized carbons (Fsp3) is 0.222. The summed E-state index contributed by atoms with van der Waals surface area (Å²) in [6.45, 7) is 2.51. The van der Waals surface area contributed by atoms with Crippen molar-refractivity contribution in [3.8, 4) is 0 Å². The third-order valence-electron chi connectivity index (χ3n) is 7.03. The first-order valence-electron chi connectivity index (χ1n) is 11.1. The highest BCUT2D eigenvalue weighted by atomic mass is 32.2. The van der Waals surface area contributed by atoms with Crippen LogP contribution in [0.5, 0.6) is 0 Å². The monoisotopic (exact) mass is 457 g/mol. The van der Waals surface area contributed by atoms with Gasteiger partial charge in [0.1, 0.15) is 11.9 Å². The van der Waals surface area contributed by atoms with Crippen molar-refractivity contribution in [1.29, 1.82) is 0 Å². The smallest absolute Gasteiger partial charge is 0.243 e. The van der Waals surface area contributed by atoms with E-state index in [9.17, 15) is 13.2 Å². The lowest BCUT2D eigenvalue weighted by Crippen LogP contribution is -2.30. The first kappa shape index (κ1) is 20.4. The van der Waals surface area contributed by atoms with Gasteiger partial charge < -0.3 is 4.74 Å². The van der Waals surface area contributed by atoms with E-state index in [4.69, 9.17) is 4.74 Å². The predicted molar refractivity (Wildman–Crippen MR) is 125 cm³/mol. The van der Waals surface area contributed by atoms with E-state index in [0.717, 1.165) is 16.7 Å². The van der Waals surface area contributed by atoms with E-state index in [0.29, 0.717) is 23.4 Å². The minimum atomic E-state index is -3.69. The number of carbonyl (C=O) groups excluding carboxylic acids is 1. The zero-order valence-electron chi connectivity index (χ0n) is 18.1. The molecular formula is C27H23NO4S. The average molecular weight is 458 g/mol. The molecule has 0 spiro atoms. The number of benzene rings is 3. The molecule has 1 saturated heterocycles. The predicted octanol–water partition coefficient (Wildman–Crippen LogP) is 4.61. The Balaban J connectivity index is 1.45. The summed E-state index contributed by atoms with van der Waals surface area (Å²) in [5, 5.41) is 0. The van der Waals surface area contributed by atoms with Crippen LogP contribution in [0.4, 0.5) is 0 Å². The normalized spacial score (nSPS) is 24.3. The number of rotatable bonds is 3. The molecule has 0 radical (unpaired) electrons. The first-order chi connectivity index (χ1) is 15.9. The number of ketones is 1. The van der Waals surface area contributed by atoms with Gasteiger partial charge in [0.25, 0.3) is 0 Å². The Bertz CT molecular complexity index is 1390. The van der Waals surface area contributed by atoms with E-state index in [2.05, 4.69) is 0 Å². The highest BCUT2D eigenvalue weighted by Crippen LogP contribution is 2.53. The number of ether oxygens (including phenoxy) is 1. The molecule has 2 aliphatic heterocycles. The number of hydrogen-bond donors (Lipinski definition) is 0. The Morgan fingerprint density at radius 1 is 0.848 bits per heavy atom. The Kier molecular flexibility index (Phi) is 4.57. The summed E-state index contributed by atoms with van der Waals surface area (Å²) in [4.78, 5) is 13.7. The van der Waals surface area contributed by atoms with E-state index >= 15 is 0 Å². The van der Waals surface area contributed by atoms with E-state index in [-0.39, 0.29) is 35.2 Å². The Hall–Kier alpha value is -3.22. The molecule has 5 nitrogen and oxygen atoms in total. The number of sulfonamides is 1. The standard InChI is InChI=1S/C27H23NO4S/c1-17-11-13-19(14-12-17)33(30,31)28-15-22-23(16-28)26(18-7-3-2-4-8-18)32-27-21-10-6-5-9-20(21)25(29)24(22)27/h2-14,22-23,26H,15-16H2,1H3/t22-,23-,26?/m0/s1. The van der Waals surface area contributed by atoms with Gasteiger partial charge >= 0.3 is 0 Å². The summed E-state index contributed by atoms with van der Waals surface area (Å²) in [5.41, 5.74) is 4.05. The molecule has 0 amide bonds. The quantitative estimate of drug-likeness (QED) is 0.576. The summed E-state index contributed by atoms with van der Waals surface area (Å²) in [6, 6.07) is 24.3. The van der Waals surface area contributed by atoms with Crippen LogP contribution in [0.15, 0.2) is 89.3 Å². The zero-order chi connectivity index (χ0) is 22.7. The highest BCUT2D eigenvalue weighted by molar-refractivity contribution is 7.89. The van der Waals surface area contributed by atoms with Gasteiger partial charge in [-0.05, 0) is 24.6 Å². The molecule has 0 saturated carbocycles. The van der Waals surface area contributed by atoms with Gasteiger partial charge in [0.15, 0.2) is 5.78 Å². The lowest BCUT2D eigenvalue weighted by atomic mass is 9.79. The third-order valence-corrected chi connectivity index (χ3v) is 8.87. The lowest BCUT2D eigenvalue weighted by molar-refractivity contribution is 0.0735. The number of nitrogens with zero attached hydrogens (tertiary/aromatic N) is 1. The van der Waals surface area contributed by atoms with Crippen LogP contribution in [0.3, 0.4) is 0 Å². The SMILES string of the molecule is Cc1ccc(S(=O)(=O)N2C[C@@H]3C4=C(OC(c5ccccc5)[C@H]3C2)c2ccccc2C4=O)cc1. The molecule has 1 aliphatic carbocycles. The van der Waals surface area contributed by atoms with Crippen LogP contribution in [0, 0.1) is 18.8 Å². The minimum Gasteiger partial charge on any atom is -0.484 e. The van der Waals surface area contributed by atoms with Gasteiger partial charge in [-0.1, -0.05) is 72.3 Å². The second-order valence-corrected chi connectivity index (χ2v) is 10.9. The number of hydrogen-bond acceptors (Lipinski definition) is 4. The molecule has 3 aliphatic rings. The molecule has 1 fully saturated rings. The van der Waals surface area contributed by atoms with E-state index < -0.39 is 10.0 Å². The van der Waals surface area contributed by atoms with Crippen molar-refractivity contribution < 1.29 is 17.9 Å². The second-order valence-electron chi connectivity index (χ2n) is 8.97. The highest BCUT2D eigenvalue weighted by Gasteiger charge is 2.53. The molecular weight excluding hydrogens is 434 g/mol. The summed E-state index contributed by atoms with van der Waals surface area (Å²) in [5.74, 6) is 0.195. The van der Waals surface area contributed by atoms with Crippen LogP contribution in [0.1, 0.15) is 33.2 Å². The van der Waals surface area contributed by atoms with Gasteiger partial charge in [0, 0.05) is 41.6 Å². The van der Waals surface area contributed by atoms with Crippen molar-refractivity contribution in [2.45, 2.75) is 17.9 Å².